The number of nitrogens with one attached hydrogen (secondary N) is 2. The van der Waals surface area contributed by atoms with Crippen molar-refractivity contribution >= 4 is 35.6 Å². The lowest BCUT2D eigenvalue weighted by Gasteiger charge is -2.30. The van der Waals surface area contributed by atoms with Crippen molar-refractivity contribution in [1.82, 2.24) is 15.5 Å². The van der Waals surface area contributed by atoms with Gasteiger partial charge >= 0.3 is 11.9 Å². The van der Waals surface area contributed by atoms with Gasteiger partial charge in [-0.05, 0) is 26.2 Å². The van der Waals surface area contributed by atoms with Gasteiger partial charge in [-0.3, -0.25) is 24.0 Å². The van der Waals surface area contributed by atoms with E-state index in [1.54, 1.807) is 0 Å². The number of amides is 4. The molecule has 0 saturated carbocycles. The lowest BCUT2D eigenvalue weighted by molar-refractivity contribution is -0.151. The number of carbonyl (C=O) groups excluding carboxylic acids is 4. The fraction of sp³-hybridized carbons (Fsp3) is 0.667. The summed E-state index contributed by atoms with van der Waals surface area (Å²) in [6, 6.07) is -5.58. The first kappa shape index (κ1) is 26.8. The van der Waals surface area contributed by atoms with Gasteiger partial charge in [-0.15, -0.1) is 0 Å². The number of likely N-dealkylation sites (tertiary alicyclic amines) is 1. The third-order valence-corrected chi connectivity index (χ3v) is 4.92. The third kappa shape index (κ3) is 7.77. The molecule has 5 unspecified atom stereocenters. The average molecular weight is 459 g/mol. The highest BCUT2D eigenvalue weighted by molar-refractivity contribution is 5.96. The zero-order chi connectivity index (χ0) is 24.6. The summed E-state index contributed by atoms with van der Waals surface area (Å²) >= 11 is 0. The number of aliphatic hydroxyl groups excluding tert-OH is 1. The smallest absolute Gasteiger partial charge is 0.326 e. The number of carbonyl (C=O) groups is 6. The number of hydrogen-bond donors (Lipinski definition) is 7. The summed E-state index contributed by atoms with van der Waals surface area (Å²) in [4.78, 5) is 71.9. The molecule has 1 aliphatic heterocycles. The van der Waals surface area contributed by atoms with Gasteiger partial charge in [-0.25, -0.2) is 4.79 Å². The second-order valence-corrected chi connectivity index (χ2v) is 7.53. The minimum absolute atomic E-state index is 0.110. The third-order valence-electron chi connectivity index (χ3n) is 4.92. The normalized spacial score (nSPS) is 19.3. The number of carboxylic acid groups (broad SMARTS) is 2. The van der Waals surface area contributed by atoms with Crippen LogP contribution in [-0.4, -0.2) is 92.6 Å². The zero-order valence-corrected chi connectivity index (χ0v) is 17.5. The first-order chi connectivity index (χ1) is 14.8. The van der Waals surface area contributed by atoms with Crippen molar-refractivity contribution < 1.29 is 44.1 Å². The molecule has 0 aromatic rings. The van der Waals surface area contributed by atoms with Crippen molar-refractivity contribution in [3.8, 4) is 0 Å². The predicted molar refractivity (Wildman–Crippen MR) is 107 cm³/mol. The van der Waals surface area contributed by atoms with Gasteiger partial charge in [-0.1, -0.05) is 0 Å². The number of hydrogen-bond acceptors (Lipinski definition) is 8. The second kappa shape index (κ2) is 12.0. The summed E-state index contributed by atoms with van der Waals surface area (Å²) in [5.74, 6) is -6.23. The molecule has 5 atom stereocenters. The molecule has 14 heteroatoms. The van der Waals surface area contributed by atoms with Gasteiger partial charge in [-0.2, -0.15) is 0 Å². The summed E-state index contributed by atoms with van der Waals surface area (Å²) in [6.07, 6.45) is -2.01. The molecule has 1 rings (SSSR count). The summed E-state index contributed by atoms with van der Waals surface area (Å²) in [5, 5.41) is 32.6. The van der Waals surface area contributed by atoms with Gasteiger partial charge in [0.15, 0.2) is 0 Å². The van der Waals surface area contributed by atoms with Crippen LogP contribution in [0.25, 0.3) is 0 Å². The maximum absolute atomic E-state index is 12.8. The van der Waals surface area contributed by atoms with E-state index in [9.17, 15) is 39.0 Å². The Labute approximate surface area is 183 Å². The van der Waals surface area contributed by atoms with Gasteiger partial charge in [0.25, 0.3) is 0 Å². The number of aliphatic hydroxyl groups is 1. The molecule has 0 spiro atoms. The van der Waals surface area contributed by atoms with E-state index in [4.69, 9.17) is 16.6 Å². The molecule has 9 N–H and O–H groups in total. The van der Waals surface area contributed by atoms with Crippen LogP contribution < -0.4 is 22.1 Å². The maximum atomic E-state index is 12.8. The highest BCUT2D eigenvalue weighted by atomic mass is 16.4. The number of aliphatic carboxylic acids is 2. The monoisotopic (exact) mass is 459 g/mol. The second-order valence-electron chi connectivity index (χ2n) is 7.53. The highest BCUT2D eigenvalue weighted by Gasteiger charge is 2.40. The van der Waals surface area contributed by atoms with Crippen molar-refractivity contribution in [2.45, 2.75) is 69.3 Å². The SMILES string of the molecule is CC(O)C(NC(=O)C(CC(=O)O)NC(=O)C(N)CCC(N)=O)C(=O)N1CCCC1C(=O)O. The molecule has 0 aromatic carbocycles. The van der Waals surface area contributed by atoms with E-state index in [2.05, 4.69) is 10.6 Å². The van der Waals surface area contributed by atoms with E-state index < -0.39 is 72.3 Å². The first-order valence-corrected chi connectivity index (χ1v) is 9.92. The Morgan fingerprint density at radius 3 is 2.22 bits per heavy atom. The molecule has 1 fully saturated rings. The molecule has 1 heterocycles. The van der Waals surface area contributed by atoms with Gasteiger partial charge in [0, 0.05) is 13.0 Å². The van der Waals surface area contributed by atoms with Crippen molar-refractivity contribution in [3.05, 3.63) is 0 Å². The lowest BCUT2D eigenvalue weighted by Crippen LogP contribution is -2.60. The lowest BCUT2D eigenvalue weighted by atomic mass is 10.1. The van der Waals surface area contributed by atoms with Crippen LogP contribution in [0.15, 0.2) is 0 Å². The molecule has 0 radical (unpaired) electrons. The van der Waals surface area contributed by atoms with E-state index in [0.29, 0.717) is 6.42 Å². The fourth-order valence-corrected chi connectivity index (χ4v) is 3.20. The minimum atomic E-state index is -1.65. The maximum Gasteiger partial charge on any atom is 0.326 e. The van der Waals surface area contributed by atoms with Crippen molar-refractivity contribution in [1.29, 1.82) is 0 Å². The number of nitrogens with two attached hydrogens (primary N) is 2. The minimum Gasteiger partial charge on any atom is -0.481 e. The number of carboxylic acids is 2. The van der Waals surface area contributed by atoms with Gasteiger partial charge in [0.1, 0.15) is 18.1 Å². The highest BCUT2D eigenvalue weighted by Crippen LogP contribution is 2.19. The van der Waals surface area contributed by atoms with Crippen LogP contribution in [0.2, 0.25) is 0 Å². The van der Waals surface area contributed by atoms with E-state index in [-0.39, 0.29) is 25.8 Å². The molecule has 180 valence electrons. The van der Waals surface area contributed by atoms with Crippen molar-refractivity contribution in [3.63, 3.8) is 0 Å². The molecule has 32 heavy (non-hydrogen) atoms. The van der Waals surface area contributed by atoms with Crippen LogP contribution in [-0.2, 0) is 28.8 Å². The van der Waals surface area contributed by atoms with Crippen molar-refractivity contribution in [2.24, 2.45) is 11.5 Å². The van der Waals surface area contributed by atoms with E-state index >= 15 is 0 Å². The summed E-state index contributed by atoms with van der Waals surface area (Å²) < 4.78 is 0. The molecule has 0 aromatic heterocycles. The van der Waals surface area contributed by atoms with E-state index in [1.807, 2.05) is 0 Å². The quantitative estimate of drug-likeness (QED) is 0.152. The molecular weight excluding hydrogens is 430 g/mol. The molecule has 0 aliphatic carbocycles. The Bertz CT molecular complexity index is 757. The zero-order valence-electron chi connectivity index (χ0n) is 17.5. The summed E-state index contributed by atoms with van der Waals surface area (Å²) in [6.45, 7) is 1.30. The number of primary amides is 1. The van der Waals surface area contributed by atoms with Crippen molar-refractivity contribution in [2.75, 3.05) is 6.54 Å². The standard InChI is InChI=1S/C18H29N5O9/c1-8(24)14(17(30)23-6-2-3-11(23)18(31)32)22-16(29)10(7-13(26)27)21-15(28)9(19)4-5-12(20)25/h8-11,14,24H,2-7,19H2,1H3,(H2,20,25)(H,21,28)(H,22,29)(H,26,27)(H,31,32). The van der Waals surface area contributed by atoms with Crippen LogP contribution in [0, 0.1) is 0 Å². The van der Waals surface area contributed by atoms with Gasteiger partial charge in [0.05, 0.1) is 18.6 Å². The van der Waals surface area contributed by atoms with Crippen LogP contribution in [0.4, 0.5) is 0 Å². The van der Waals surface area contributed by atoms with E-state index in [0.717, 1.165) is 4.90 Å². The Morgan fingerprint density at radius 1 is 1.09 bits per heavy atom. The van der Waals surface area contributed by atoms with Crippen LogP contribution in [0.1, 0.15) is 39.0 Å². The summed E-state index contributed by atoms with van der Waals surface area (Å²) in [7, 11) is 0. The van der Waals surface area contributed by atoms with Crippen LogP contribution in [0.5, 0.6) is 0 Å². The molecule has 1 aliphatic rings. The fourth-order valence-electron chi connectivity index (χ4n) is 3.20. The largest absolute Gasteiger partial charge is 0.481 e. The Balaban J connectivity index is 2.94. The molecule has 1 saturated heterocycles. The van der Waals surface area contributed by atoms with Crippen LogP contribution in [0.3, 0.4) is 0 Å². The molecule has 4 amide bonds. The first-order valence-electron chi connectivity index (χ1n) is 9.92. The van der Waals surface area contributed by atoms with Crippen LogP contribution >= 0.6 is 0 Å². The average Bonchev–Trinajstić information content (AvgIpc) is 3.18. The van der Waals surface area contributed by atoms with Gasteiger partial charge < -0.3 is 42.3 Å². The Kier molecular flexibility index (Phi) is 10.00. The summed E-state index contributed by atoms with van der Waals surface area (Å²) in [5.41, 5.74) is 10.6. The predicted octanol–water partition coefficient (Wildman–Crippen LogP) is -3.52. The molecule has 0 bridgehead atoms. The Hall–Kier alpha value is -3.26. The number of nitrogens with zero attached hydrogens (tertiary/aromatic N) is 1. The topological polar surface area (TPSA) is 242 Å². The number of rotatable bonds is 12. The molecular formula is C18H29N5O9. The molecule has 14 nitrogen and oxygen atoms in total. The van der Waals surface area contributed by atoms with Gasteiger partial charge in [0.2, 0.25) is 23.6 Å². The van der Waals surface area contributed by atoms with E-state index in [1.165, 1.54) is 6.92 Å². The Morgan fingerprint density at radius 2 is 1.72 bits per heavy atom.